The molecule has 0 saturated carbocycles. The lowest BCUT2D eigenvalue weighted by molar-refractivity contribution is 0.659. The molecule has 0 spiro atoms. The van der Waals surface area contributed by atoms with Crippen molar-refractivity contribution < 1.29 is 0 Å². The van der Waals surface area contributed by atoms with Crippen LogP contribution in [0.1, 0.15) is 29.3 Å². The van der Waals surface area contributed by atoms with Gasteiger partial charge in [-0.05, 0) is 43.3 Å². The van der Waals surface area contributed by atoms with Gasteiger partial charge < -0.3 is 5.32 Å². The highest BCUT2D eigenvalue weighted by molar-refractivity contribution is 7.10. The van der Waals surface area contributed by atoms with Crippen molar-refractivity contribution in [2.24, 2.45) is 0 Å². The third-order valence-corrected chi connectivity index (χ3v) is 3.32. The molecular formula is C9H14ClNS. The fourth-order valence-corrected chi connectivity index (χ4v) is 2.57. The van der Waals surface area contributed by atoms with E-state index in [-0.39, 0.29) is 12.4 Å². The van der Waals surface area contributed by atoms with E-state index in [4.69, 9.17) is 0 Å². The van der Waals surface area contributed by atoms with Gasteiger partial charge >= 0.3 is 0 Å². The smallest absolute Gasteiger partial charge is 0.0415 e. The molecule has 0 amide bonds. The molecule has 1 aromatic heterocycles. The molecule has 1 aromatic rings. The number of nitrogens with one attached hydrogen (secondary N) is 1. The molecule has 68 valence electrons. The molecule has 1 aliphatic rings. The van der Waals surface area contributed by atoms with E-state index < -0.39 is 0 Å². The Bertz CT molecular complexity index is 240. The molecule has 0 aromatic carbocycles. The third kappa shape index (κ3) is 2.00. The standard InChI is InChI=1S/C9H13NS.ClH/c1-7-5-9(11-6-7)8-3-2-4-10-8;/h5-6,8,10H,2-4H2,1H3;1H. The van der Waals surface area contributed by atoms with E-state index in [1.165, 1.54) is 29.8 Å². The first-order chi connectivity index (χ1) is 5.36. The van der Waals surface area contributed by atoms with Gasteiger partial charge in [-0.25, -0.2) is 0 Å². The number of hydrogen-bond donors (Lipinski definition) is 1. The summed E-state index contributed by atoms with van der Waals surface area (Å²) in [6.07, 6.45) is 2.65. The molecule has 1 unspecified atom stereocenters. The van der Waals surface area contributed by atoms with Crippen LogP contribution in [0, 0.1) is 6.92 Å². The van der Waals surface area contributed by atoms with Crippen LogP contribution in [0.3, 0.4) is 0 Å². The second-order valence-corrected chi connectivity index (χ2v) is 4.12. The summed E-state index contributed by atoms with van der Waals surface area (Å²) in [4.78, 5) is 1.51. The molecule has 0 radical (unpaired) electrons. The monoisotopic (exact) mass is 203 g/mol. The molecule has 1 N–H and O–H groups in total. The van der Waals surface area contributed by atoms with Gasteiger partial charge in [0.25, 0.3) is 0 Å². The van der Waals surface area contributed by atoms with Crippen LogP contribution in [-0.4, -0.2) is 6.54 Å². The van der Waals surface area contributed by atoms with Crippen molar-refractivity contribution in [1.82, 2.24) is 5.32 Å². The maximum absolute atomic E-state index is 3.50. The maximum atomic E-state index is 3.50. The topological polar surface area (TPSA) is 12.0 Å². The van der Waals surface area contributed by atoms with E-state index in [0.717, 1.165) is 0 Å². The SMILES string of the molecule is Cc1csc(C2CCCN2)c1.Cl. The highest BCUT2D eigenvalue weighted by Gasteiger charge is 2.16. The van der Waals surface area contributed by atoms with Gasteiger partial charge in [0.15, 0.2) is 0 Å². The van der Waals surface area contributed by atoms with Crippen molar-refractivity contribution in [1.29, 1.82) is 0 Å². The first-order valence-electron chi connectivity index (χ1n) is 4.15. The maximum Gasteiger partial charge on any atom is 0.0415 e. The Morgan fingerprint density at radius 2 is 2.42 bits per heavy atom. The van der Waals surface area contributed by atoms with Crippen LogP contribution in [0.25, 0.3) is 0 Å². The minimum absolute atomic E-state index is 0. The van der Waals surface area contributed by atoms with Gasteiger partial charge in [-0.1, -0.05) is 0 Å². The fraction of sp³-hybridized carbons (Fsp3) is 0.556. The summed E-state index contributed by atoms with van der Waals surface area (Å²) >= 11 is 1.88. The minimum Gasteiger partial charge on any atom is -0.309 e. The summed E-state index contributed by atoms with van der Waals surface area (Å²) in [5.74, 6) is 0. The predicted octanol–water partition coefficient (Wildman–Crippen LogP) is 2.90. The van der Waals surface area contributed by atoms with E-state index in [1.807, 2.05) is 11.3 Å². The molecule has 1 atom stereocenters. The molecule has 0 aliphatic carbocycles. The molecular weight excluding hydrogens is 190 g/mol. The van der Waals surface area contributed by atoms with Crippen LogP contribution < -0.4 is 5.32 Å². The Morgan fingerprint density at radius 3 is 2.92 bits per heavy atom. The second kappa shape index (κ2) is 4.26. The summed E-state index contributed by atoms with van der Waals surface area (Å²) in [6.45, 7) is 3.36. The molecule has 1 nitrogen and oxygen atoms in total. The van der Waals surface area contributed by atoms with E-state index in [0.29, 0.717) is 6.04 Å². The molecule has 1 fully saturated rings. The second-order valence-electron chi connectivity index (χ2n) is 3.18. The largest absolute Gasteiger partial charge is 0.309 e. The molecule has 1 saturated heterocycles. The van der Waals surface area contributed by atoms with E-state index in [2.05, 4.69) is 23.7 Å². The quantitative estimate of drug-likeness (QED) is 0.740. The van der Waals surface area contributed by atoms with Crippen molar-refractivity contribution in [3.63, 3.8) is 0 Å². The molecule has 3 heteroatoms. The molecule has 12 heavy (non-hydrogen) atoms. The van der Waals surface area contributed by atoms with Crippen LogP contribution in [0.2, 0.25) is 0 Å². The Morgan fingerprint density at radius 1 is 1.58 bits per heavy atom. The lowest BCUT2D eigenvalue weighted by Gasteiger charge is -2.05. The average molecular weight is 204 g/mol. The Hall–Kier alpha value is -0.0500. The summed E-state index contributed by atoms with van der Waals surface area (Å²) in [6, 6.07) is 2.96. The highest BCUT2D eigenvalue weighted by atomic mass is 35.5. The van der Waals surface area contributed by atoms with Crippen molar-refractivity contribution in [3.8, 4) is 0 Å². The molecule has 2 heterocycles. The number of rotatable bonds is 1. The van der Waals surface area contributed by atoms with Gasteiger partial charge in [0.1, 0.15) is 0 Å². The minimum atomic E-state index is 0. The van der Waals surface area contributed by atoms with Crippen molar-refractivity contribution in [2.45, 2.75) is 25.8 Å². The van der Waals surface area contributed by atoms with Crippen LogP contribution >= 0.6 is 23.7 Å². The van der Waals surface area contributed by atoms with Gasteiger partial charge in [0.05, 0.1) is 0 Å². The number of aryl methyl sites for hydroxylation is 1. The van der Waals surface area contributed by atoms with Crippen molar-refractivity contribution in [2.75, 3.05) is 6.54 Å². The van der Waals surface area contributed by atoms with Crippen molar-refractivity contribution in [3.05, 3.63) is 21.9 Å². The van der Waals surface area contributed by atoms with Crippen LogP contribution in [0.15, 0.2) is 11.4 Å². The van der Waals surface area contributed by atoms with Gasteiger partial charge in [-0.3, -0.25) is 0 Å². The Balaban J connectivity index is 0.000000720. The highest BCUT2D eigenvalue weighted by Crippen LogP contribution is 2.27. The lowest BCUT2D eigenvalue weighted by atomic mass is 10.2. The van der Waals surface area contributed by atoms with Crippen LogP contribution in [-0.2, 0) is 0 Å². The van der Waals surface area contributed by atoms with Crippen molar-refractivity contribution >= 4 is 23.7 Å². The Kier molecular flexibility index (Phi) is 3.56. The van der Waals surface area contributed by atoms with Gasteiger partial charge in [0, 0.05) is 10.9 Å². The average Bonchev–Trinajstić information content (AvgIpc) is 2.55. The summed E-state index contributed by atoms with van der Waals surface area (Å²) in [5, 5.41) is 5.73. The number of thiophene rings is 1. The zero-order chi connectivity index (χ0) is 7.68. The third-order valence-electron chi connectivity index (χ3n) is 2.15. The first kappa shape index (κ1) is 10.0. The number of hydrogen-bond acceptors (Lipinski definition) is 2. The zero-order valence-electron chi connectivity index (χ0n) is 7.17. The van der Waals surface area contributed by atoms with Gasteiger partial charge in [0.2, 0.25) is 0 Å². The molecule has 0 bridgehead atoms. The van der Waals surface area contributed by atoms with Crippen LogP contribution in [0.4, 0.5) is 0 Å². The fourth-order valence-electron chi connectivity index (χ4n) is 1.56. The summed E-state index contributed by atoms with van der Waals surface area (Å²) in [5.41, 5.74) is 1.40. The predicted molar refractivity (Wildman–Crippen MR) is 56.3 cm³/mol. The first-order valence-corrected chi connectivity index (χ1v) is 5.02. The molecule has 1 aliphatic heterocycles. The van der Waals surface area contributed by atoms with E-state index in [9.17, 15) is 0 Å². The van der Waals surface area contributed by atoms with E-state index >= 15 is 0 Å². The number of halogens is 1. The van der Waals surface area contributed by atoms with Crippen LogP contribution in [0.5, 0.6) is 0 Å². The normalized spacial score (nSPS) is 22.2. The lowest BCUT2D eigenvalue weighted by Crippen LogP contribution is -2.11. The summed E-state index contributed by atoms with van der Waals surface area (Å²) in [7, 11) is 0. The van der Waals surface area contributed by atoms with E-state index in [1.54, 1.807) is 0 Å². The summed E-state index contributed by atoms with van der Waals surface area (Å²) < 4.78 is 0. The zero-order valence-corrected chi connectivity index (χ0v) is 8.80. The van der Waals surface area contributed by atoms with Gasteiger partial charge in [-0.15, -0.1) is 23.7 Å². The Labute approximate surface area is 83.6 Å². The van der Waals surface area contributed by atoms with Gasteiger partial charge in [-0.2, -0.15) is 0 Å². The molecule has 2 rings (SSSR count).